The van der Waals surface area contributed by atoms with Gasteiger partial charge in [0.2, 0.25) is 10.0 Å². The zero-order valence-corrected chi connectivity index (χ0v) is 13.0. The third kappa shape index (κ3) is 4.66. The second kappa shape index (κ2) is 7.47. The second-order valence-electron chi connectivity index (χ2n) is 4.69. The van der Waals surface area contributed by atoms with Crippen LogP contribution in [-0.4, -0.2) is 35.2 Å². The van der Waals surface area contributed by atoms with Crippen LogP contribution in [0.1, 0.15) is 13.8 Å². The Labute approximate surface area is 120 Å². The zero-order valence-electron chi connectivity index (χ0n) is 12.1. The van der Waals surface area contributed by atoms with Gasteiger partial charge in [-0.3, -0.25) is 0 Å². The normalized spacial score (nSPS) is 13.2. The predicted octanol–water partition coefficient (Wildman–Crippen LogP) is 1.26. The lowest BCUT2D eigenvalue weighted by atomic mass is 10.2. The highest BCUT2D eigenvalue weighted by Gasteiger charge is 2.14. The topological polar surface area (TPSA) is 93.5 Å². The molecular formula is C13H23N3O3S. The van der Waals surface area contributed by atoms with Crippen molar-refractivity contribution >= 4 is 21.4 Å². The molecule has 1 aromatic rings. The molecule has 7 heteroatoms. The average molecular weight is 301 g/mol. The lowest BCUT2D eigenvalue weighted by molar-refractivity contribution is 0.164. The summed E-state index contributed by atoms with van der Waals surface area (Å²) in [5.74, 6) is 0.299. The van der Waals surface area contributed by atoms with Crippen LogP contribution in [0, 0.1) is 5.92 Å². The van der Waals surface area contributed by atoms with E-state index in [0.29, 0.717) is 37.0 Å². The molecule has 114 valence electrons. The number of nitrogens with two attached hydrogens (primary N) is 1. The number of rotatable bonds is 8. The van der Waals surface area contributed by atoms with Crippen LogP contribution in [0.3, 0.4) is 0 Å². The van der Waals surface area contributed by atoms with Crippen LogP contribution in [0.2, 0.25) is 0 Å². The van der Waals surface area contributed by atoms with E-state index in [2.05, 4.69) is 10.0 Å². The third-order valence-corrected chi connectivity index (χ3v) is 4.30. The van der Waals surface area contributed by atoms with Crippen LogP contribution in [-0.2, 0) is 14.8 Å². The number of nitrogens with one attached hydrogen (secondary N) is 2. The van der Waals surface area contributed by atoms with Gasteiger partial charge >= 0.3 is 0 Å². The molecule has 4 N–H and O–H groups in total. The summed E-state index contributed by atoms with van der Waals surface area (Å²) in [6, 6.07) is 4.64. The fraction of sp³-hybridized carbons (Fsp3) is 0.538. The summed E-state index contributed by atoms with van der Waals surface area (Å²) in [6.45, 7) is 5.40. The Kier molecular flexibility index (Phi) is 6.25. The van der Waals surface area contributed by atoms with E-state index >= 15 is 0 Å². The first kappa shape index (κ1) is 16.7. The molecule has 0 saturated carbocycles. The third-order valence-electron chi connectivity index (χ3n) is 2.76. The molecule has 0 fully saturated rings. The van der Waals surface area contributed by atoms with E-state index in [1.54, 1.807) is 26.2 Å². The number of hydrogen-bond donors (Lipinski definition) is 3. The molecule has 1 rings (SSSR count). The van der Waals surface area contributed by atoms with Crippen LogP contribution in [0.25, 0.3) is 0 Å². The Morgan fingerprint density at radius 3 is 2.70 bits per heavy atom. The van der Waals surface area contributed by atoms with Crippen LogP contribution in [0.5, 0.6) is 0 Å². The van der Waals surface area contributed by atoms with Gasteiger partial charge in [0.05, 0.1) is 22.9 Å². The molecule has 0 aliphatic rings. The molecule has 0 radical (unpaired) electrons. The van der Waals surface area contributed by atoms with Gasteiger partial charge in [-0.1, -0.05) is 13.8 Å². The van der Waals surface area contributed by atoms with Crippen LogP contribution < -0.4 is 15.8 Å². The SMILES string of the molecule is CCNS(=O)(=O)c1ccc(N)c(NCC(C)COC)c1. The monoisotopic (exact) mass is 301 g/mol. The van der Waals surface area contributed by atoms with Crippen molar-refractivity contribution in [2.24, 2.45) is 5.92 Å². The van der Waals surface area contributed by atoms with E-state index in [1.165, 1.54) is 6.07 Å². The smallest absolute Gasteiger partial charge is 0.240 e. The first-order valence-electron chi connectivity index (χ1n) is 6.52. The molecule has 0 amide bonds. The molecule has 0 aliphatic carbocycles. The standard InChI is InChI=1S/C13H23N3O3S/c1-4-16-20(17,18)11-5-6-12(14)13(7-11)15-8-10(2)9-19-3/h5-7,10,15-16H,4,8-9,14H2,1-3H3. The maximum absolute atomic E-state index is 11.9. The Morgan fingerprint density at radius 2 is 2.10 bits per heavy atom. The molecule has 0 spiro atoms. The Hall–Kier alpha value is -1.31. The van der Waals surface area contributed by atoms with Gasteiger partial charge in [-0.25, -0.2) is 13.1 Å². The molecule has 0 saturated heterocycles. The van der Waals surface area contributed by atoms with Crippen molar-refractivity contribution in [2.75, 3.05) is 37.9 Å². The van der Waals surface area contributed by atoms with Crippen molar-refractivity contribution in [3.05, 3.63) is 18.2 Å². The fourth-order valence-electron chi connectivity index (χ4n) is 1.76. The maximum Gasteiger partial charge on any atom is 0.240 e. The van der Waals surface area contributed by atoms with Crippen LogP contribution >= 0.6 is 0 Å². The van der Waals surface area contributed by atoms with Crippen molar-refractivity contribution in [1.29, 1.82) is 0 Å². The number of anilines is 2. The highest BCUT2D eigenvalue weighted by Crippen LogP contribution is 2.23. The molecular weight excluding hydrogens is 278 g/mol. The lowest BCUT2D eigenvalue weighted by Gasteiger charge is -2.15. The maximum atomic E-state index is 11.9. The van der Waals surface area contributed by atoms with Gasteiger partial charge in [0, 0.05) is 20.2 Å². The van der Waals surface area contributed by atoms with Gasteiger partial charge in [-0.05, 0) is 24.1 Å². The highest BCUT2D eigenvalue weighted by molar-refractivity contribution is 7.89. The average Bonchev–Trinajstić information content (AvgIpc) is 2.37. The first-order valence-corrected chi connectivity index (χ1v) is 8.01. The number of nitrogen functional groups attached to an aromatic ring is 1. The highest BCUT2D eigenvalue weighted by atomic mass is 32.2. The van der Waals surface area contributed by atoms with E-state index in [1.807, 2.05) is 6.92 Å². The molecule has 0 bridgehead atoms. The largest absolute Gasteiger partial charge is 0.397 e. The Bertz CT molecular complexity index is 532. The van der Waals surface area contributed by atoms with Gasteiger partial charge in [0.15, 0.2) is 0 Å². The predicted molar refractivity (Wildman–Crippen MR) is 81.2 cm³/mol. The van der Waals surface area contributed by atoms with Crippen LogP contribution in [0.15, 0.2) is 23.1 Å². The second-order valence-corrected chi connectivity index (χ2v) is 6.46. The summed E-state index contributed by atoms with van der Waals surface area (Å²) in [4.78, 5) is 0.204. The molecule has 1 atom stereocenters. The molecule has 20 heavy (non-hydrogen) atoms. The molecule has 1 unspecified atom stereocenters. The molecule has 0 aliphatic heterocycles. The van der Waals surface area contributed by atoms with Crippen molar-refractivity contribution in [3.8, 4) is 0 Å². The quantitative estimate of drug-likeness (QED) is 0.629. The summed E-state index contributed by atoms with van der Waals surface area (Å²) in [6.07, 6.45) is 0. The van der Waals surface area contributed by atoms with E-state index in [0.717, 1.165) is 0 Å². The summed E-state index contributed by atoms with van der Waals surface area (Å²) >= 11 is 0. The van der Waals surface area contributed by atoms with E-state index in [4.69, 9.17) is 10.5 Å². The van der Waals surface area contributed by atoms with E-state index in [-0.39, 0.29) is 4.90 Å². The number of ether oxygens (including phenoxy) is 1. The Balaban J connectivity index is 2.87. The summed E-state index contributed by atoms with van der Waals surface area (Å²) in [5.41, 5.74) is 6.99. The molecule has 1 aromatic carbocycles. The molecule has 0 aromatic heterocycles. The van der Waals surface area contributed by atoms with E-state index in [9.17, 15) is 8.42 Å². The number of methoxy groups -OCH3 is 1. The van der Waals surface area contributed by atoms with Crippen molar-refractivity contribution in [3.63, 3.8) is 0 Å². The minimum Gasteiger partial charge on any atom is -0.397 e. The van der Waals surface area contributed by atoms with Crippen molar-refractivity contribution in [1.82, 2.24) is 4.72 Å². The summed E-state index contributed by atoms with van der Waals surface area (Å²) < 4.78 is 31.4. The minimum atomic E-state index is -3.47. The number of sulfonamides is 1. The van der Waals surface area contributed by atoms with Gasteiger partial charge < -0.3 is 15.8 Å². The zero-order chi connectivity index (χ0) is 15.2. The number of hydrogen-bond acceptors (Lipinski definition) is 5. The molecule has 6 nitrogen and oxygen atoms in total. The van der Waals surface area contributed by atoms with Crippen molar-refractivity contribution in [2.45, 2.75) is 18.7 Å². The first-order chi connectivity index (χ1) is 9.40. The summed E-state index contributed by atoms with van der Waals surface area (Å²) in [7, 11) is -1.82. The van der Waals surface area contributed by atoms with Gasteiger partial charge in [0.1, 0.15) is 0 Å². The van der Waals surface area contributed by atoms with Crippen LogP contribution in [0.4, 0.5) is 11.4 Å². The van der Waals surface area contributed by atoms with Gasteiger partial charge in [-0.15, -0.1) is 0 Å². The summed E-state index contributed by atoms with van der Waals surface area (Å²) in [5, 5.41) is 3.15. The fourth-order valence-corrected chi connectivity index (χ4v) is 2.82. The number of benzene rings is 1. The minimum absolute atomic E-state index is 0.204. The van der Waals surface area contributed by atoms with E-state index < -0.39 is 10.0 Å². The molecule has 0 heterocycles. The van der Waals surface area contributed by atoms with Gasteiger partial charge in [-0.2, -0.15) is 0 Å². The Morgan fingerprint density at radius 1 is 1.40 bits per heavy atom. The van der Waals surface area contributed by atoms with Crippen molar-refractivity contribution < 1.29 is 13.2 Å². The lowest BCUT2D eigenvalue weighted by Crippen LogP contribution is -2.23. The van der Waals surface area contributed by atoms with Gasteiger partial charge in [0.25, 0.3) is 0 Å².